The quantitative estimate of drug-likeness (QED) is 0.182. The summed E-state index contributed by atoms with van der Waals surface area (Å²) in [6.07, 6.45) is 1.61. The number of aromatic nitrogens is 3. The first-order valence-electron chi connectivity index (χ1n) is 13.6. The van der Waals surface area contributed by atoms with Crippen molar-refractivity contribution >= 4 is 40.6 Å². The molecule has 2 aromatic carbocycles. The van der Waals surface area contributed by atoms with Gasteiger partial charge in [-0.05, 0) is 56.4 Å². The number of carbonyl (C=O) groups is 2. The van der Waals surface area contributed by atoms with Gasteiger partial charge in [-0.1, -0.05) is 23.7 Å². The summed E-state index contributed by atoms with van der Waals surface area (Å²) < 4.78 is 50.2. The third kappa shape index (κ3) is 5.78. The molecule has 0 unspecified atom stereocenters. The molecule has 0 radical (unpaired) electrons. The van der Waals surface area contributed by atoms with Gasteiger partial charge in [-0.2, -0.15) is 9.61 Å². The molecule has 220 valence electrons. The molecule has 1 fully saturated rings. The van der Waals surface area contributed by atoms with Crippen molar-refractivity contribution in [2.45, 2.75) is 33.1 Å². The van der Waals surface area contributed by atoms with Crippen LogP contribution in [0.5, 0.6) is 0 Å². The fourth-order valence-corrected chi connectivity index (χ4v) is 5.38. The highest BCUT2D eigenvalue weighted by Gasteiger charge is 2.28. The SMILES string of the molecule is CCOC(=O)CC1CCN(C(=O)c2cc3nc(-c4cc(F)c(Cl)c(F)c4)cc(N(C)c4c(C)cccc4F)n3n2)CC1. The topological polar surface area (TPSA) is 80.0 Å². The fourth-order valence-electron chi connectivity index (χ4n) is 5.27. The summed E-state index contributed by atoms with van der Waals surface area (Å²) in [5, 5.41) is 3.89. The highest BCUT2D eigenvalue weighted by molar-refractivity contribution is 6.31. The largest absolute Gasteiger partial charge is 0.466 e. The second-order valence-electron chi connectivity index (χ2n) is 10.3. The number of piperidine rings is 1. The van der Waals surface area contributed by atoms with E-state index in [1.807, 2.05) is 0 Å². The molecule has 2 aromatic heterocycles. The van der Waals surface area contributed by atoms with Gasteiger partial charge >= 0.3 is 5.97 Å². The first-order chi connectivity index (χ1) is 20.1. The van der Waals surface area contributed by atoms with Gasteiger partial charge in [0.25, 0.3) is 5.91 Å². The van der Waals surface area contributed by atoms with Crippen molar-refractivity contribution < 1.29 is 27.5 Å². The summed E-state index contributed by atoms with van der Waals surface area (Å²) in [6, 6.07) is 9.80. The predicted molar refractivity (Wildman–Crippen MR) is 152 cm³/mol. The molecule has 8 nitrogen and oxygen atoms in total. The molecule has 4 aromatic rings. The lowest BCUT2D eigenvalue weighted by atomic mass is 9.93. The van der Waals surface area contributed by atoms with E-state index in [0.29, 0.717) is 50.3 Å². The smallest absolute Gasteiger partial charge is 0.306 e. The third-order valence-electron chi connectivity index (χ3n) is 7.44. The number of hydrogen-bond donors (Lipinski definition) is 0. The summed E-state index contributed by atoms with van der Waals surface area (Å²) >= 11 is 5.69. The average molecular weight is 600 g/mol. The number of benzene rings is 2. The lowest BCUT2D eigenvalue weighted by Crippen LogP contribution is -2.39. The minimum Gasteiger partial charge on any atom is -0.466 e. The zero-order chi connectivity index (χ0) is 30.1. The van der Waals surface area contributed by atoms with Crippen LogP contribution < -0.4 is 4.90 Å². The Bertz CT molecular complexity index is 1630. The molecule has 0 bridgehead atoms. The summed E-state index contributed by atoms with van der Waals surface area (Å²) in [5.41, 5.74) is 1.51. The highest BCUT2D eigenvalue weighted by Crippen LogP contribution is 2.34. The Kier molecular flexibility index (Phi) is 8.40. The van der Waals surface area contributed by atoms with Crippen molar-refractivity contribution in [3.8, 4) is 11.3 Å². The number of ether oxygens (including phenoxy) is 1. The van der Waals surface area contributed by atoms with E-state index in [1.165, 1.54) is 22.7 Å². The summed E-state index contributed by atoms with van der Waals surface area (Å²) in [5.74, 6) is -2.52. The Balaban J connectivity index is 1.53. The molecule has 0 N–H and O–H groups in total. The summed E-state index contributed by atoms with van der Waals surface area (Å²) in [4.78, 5) is 33.1. The van der Waals surface area contributed by atoms with E-state index in [2.05, 4.69) is 10.1 Å². The van der Waals surface area contributed by atoms with E-state index in [9.17, 15) is 22.8 Å². The lowest BCUT2D eigenvalue weighted by Gasteiger charge is -2.31. The first-order valence-corrected chi connectivity index (χ1v) is 13.9. The first kappa shape index (κ1) is 29.4. The van der Waals surface area contributed by atoms with Crippen LogP contribution in [0.15, 0.2) is 42.5 Å². The average Bonchev–Trinajstić information content (AvgIpc) is 3.39. The van der Waals surface area contributed by atoms with Crippen LogP contribution in [0.25, 0.3) is 16.9 Å². The Morgan fingerprint density at radius 3 is 2.40 bits per heavy atom. The molecule has 1 saturated heterocycles. The number of rotatable bonds is 7. The van der Waals surface area contributed by atoms with E-state index in [1.54, 1.807) is 42.8 Å². The third-order valence-corrected chi connectivity index (χ3v) is 7.80. The second-order valence-corrected chi connectivity index (χ2v) is 10.6. The van der Waals surface area contributed by atoms with Gasteiger partial charge in [-0.3, -0.25) is 9.59 Å². The minimum absolute atomic E-state index is 0.106. The number of fused-ring (bicyclic) bond motifs is 1. The van der Waals surface area contributed by atoms with Crippen molar-refractivity contribution in [2.24, 2.45) is 5.92 Å². The molecule has 1 amide bonds. The maximum atomic E-state index is 15.0. The van der Waals surface area contributed by atoms with Crippen molar-refractivity contribution in [2.75, 3.05) is 31.6 Å². The maximum Gasteiger partial charge on any atom is 0.306 e. The number of halogens is 4. The predicted octanol–water partition coefficient (Wildman–Crippen LogP) is 6.35. The van der Waals surface area contributed by atoms with E-state index in [4.69, 9.17) is 16.3 Å². The van der Waals surface area contributed by atoms with Crippen LogP contribution in [-0.4, -0.2) is 58.1 Å². The lowest BCUT2D eigenvalue weighted by molar-refractivity contribution is -0.144. The van der Waals surface area contributed by atoms with Crippen LogP contribution in [0.2, 0.25) is 5.02 Å². The monoisotopic (exact) mass is 599 g/mol. The van der Waals surface area contributed by atoms with E-state index in [0.717, 1.165) is 12.1 Å². The van der Waals surface area contributed by atoms with Crippen LogP contribution >= 0.6 is 11.6 Å². The van der Waals surface area contributed by atoms with Gasteiger partial charge in [0.15, 0.2) is 11.3 Å². The van der Waals surface area contributed by atoms with Gasteiger partial charge in [0.2, 0.25) is 0 Å². The normalized spacial score (nSPS) is 13.9. The number of hydrogen-bond acceptors (Lipinski definition) is 6. The molecule has 1 aliphatic heterocycles. The number of likely N-dealkylation sites (tertiary alicyclic amines) is 1. The van der Waals surface area contributed by atoms with Crippen LogP contribution in [0, 0.1) is 30.3 Å². The van der Waals surface area contributed by atoms with Crippen molar-refractivity contribution in [1.82, 2.24) is 19.5 Å². The number of para-hydroxylation sites is 1. The number of nitrogens with zero attached hydrogens (tertiary/aromatic N) is 5. The molecule has 5 rings (SSSR count). The van der Waals surface area contributed by atoms with Crippen molar-refractivity contribution in [3.05, 3.63) is 76.2 Å². The second kappa shape index (κ2) is 12.0. The Hall–Kier alpha value is -4.12. The maximum absolute atomic E-state index is 15.0. The number of aryl methyl sites for hydroxylation is 1. The number of amides is 1. The molecule has 0 spiro atoms. The summed E-state index contributed by atoms with van der Waals surface area (Å²) in [7, 11) is 1.63. The fraction of sp³-hybridized carbons (Fsp3) is 0.333. The van der Waals surface area contributed by atoms with E-state index < -0.39 is 22.5 Å². The van der Waals surface area contributed by atoms with E-state index >= 15 is 0 Å². The Morgan fingerprint density at radius 1 is 1.07 bits per heavy atom. The van der Waals surface area contributed by atoms with Gasteiger partial charge in [0.05, 0.1) is 18.0 Å². The molecular formula is C30H29ClF3N5O3. The van der Waals surface area contributed by atoms with Crippen molar-refractivity contribution in [1.29, 1.82) is 0 Å². The van der Waals surface area contributed by atoms with Crippen LogP contribution in [-0.2, 0) is 9.53 Å². The molecular weight excluding hydrogens is 571 g/mol. The van der Waals surface area contributed by atoms with Crippen LogP contribution in [0.3, 0.4) is 0 Å². The number of anilines is 2. The molecule has 0 atom stereocenters. The van der Waals surface area contributed by atoms with Gasteiger partial charge in [0.1, 0.15) is 28.3 Å². The van der Waals surface area contributed by atoms with Crippen molar-refractivity contribution in [3.63, 3.8) is 0 Å². The van der Waals surface area contributed by atoms with Gasteiger partial charge < -0.3 is 14.5 Å². The zero-order valence-electron chi connectivity index (χ0n) is 23.3. The number of carbonyl (C=O) groups excluding carboxylic acids is 2. The van der Waals surface area contributed by atoms with Crippen LogP contribution in [0.1, 0.15) is 42.2 Å². The standard InChI is InChI=1S/C30H29ClF3N5O3/c1-4-42-27(40)12-18-8-10-38(11-9-18)30(41)24-15-25-35-23(19-13-21(33)28(31)22(34)14-19)16-26(39(25)36-24)37(3)29-17(2)6-5-7-20(29)32/h5-7,13-16,18H,4,8-12H2,1-3H3. The van der Waals surface area contributed by atoms with Gasteiger partial charge in [-0.25, -0.2) is 18.2 Å². The molecule has 12 heteroatoms. The Morgan fingerprint density at radius 2 is 1.76 bits per heavy atom. The minimum atomic E-state index is -0.955. The Labute approximate surface area is 245 Å². The molecule has 42 heavy (non-hydrogen) atoms. The molecule has 0 aliphatic carbocycles. The zero-order valence-corrected chi connectivity index (χ0v) is 24.1. The number of esters is 1. The highest BCUT2D eigenvalue weighted by atomic mass is 35.5. The molecule has 1 aliphatic rings. The van der Waals surface area contributed by atoms with Gasteiger partial charge in [-0.15, -0.1) is 0 Å². The summed E-state index contributed by atoms with van der Waals surface area (Å²) in [6.45, 7) is 4.73. The molecule has 3 heterocycles. The van der Waals surface area contributed by atoms with E-state index in [-0.39, 0.29) is 46.1 Å². The van der Waals surface area contributed by atoms with Crippen LogP contribution in [0.4, 0.5) is 24.7 Å². The van der Waals surface area contributed by atoms with Gasteiger partial charge in [0, 0.05) is 44.3 Å². The molecule has 0 saturated carbocycles.